The Bertz CT molecular complexity index is 1040. The van der Waals surface area contributed by atoms with E-state index in [-0.39, 0.29) is 18.5 Å². The number of amides is 1. The first-order valence-corrected chi connectivity index (χ1v) is 9.79. The predicted molar refractivity (Wildman–Crippen MR) is 111 cm³/mol. The first-order valence-electron chi connectivity index (χ1n) is 9.42. The minimum atomic E-state index is -1.25. The summed E-state index contributed by atoms with van der Waals surface area (Å²) in [6.45, 7) is 3.29. The van der Waals surface area contributed by atoms with Gasteiger partial charge in [0.15, 0.2) is 0 Å². The number of halogens is 2. The average molecular weight is 431 g/mol. The predicted octanol–water partition coefficient (Wildman–Crippen LogP) is 4.17. The summed E-state index contributed by atoms with van der Waals surface area (Å²) in [5.41, 5.74) is 1.71. The summed E-state index contributed by atoms with van der Waals surface area (Å²) in [5, 5.41) is 3.83. The molecule has 30 heavy (non-hydrogen) atoms. The number of carbonyl (C=O) groups is 1. The molecule has 1 amide bonds. The number of hydrogen-bond acceptors (Lipinski definition) is 6. The lowest BCUT2D eigenvalue weighted by atomic mass is 10.2. The second-order valence-corrected chi connectivity index (χ2v) is 7.41. The first kappa shape index (κ1) is 20.1. The largest absolute Gasteiger partial charge is 0.447 e. The molecular weight excluding hydrogens is 411 g/mol. The quantitative estimate of drug-likeness (QED) is 0.631. The van der Waals surface area contributed by atoms with Gasteiger partial charge >= 0.3 is 6.09 Å². The number of cyclic esters (lactones) is 1. The lowest BCUT2D eigenvalue weighted by molar-refractivity contribution is 0.174. The molecule has 8 nitrogen and oxygen atoms in total. The van der Waals surface area contributed by atoms with E-state index in [4.69, 9.17) is 16.3 Å². The molecule has 1 unspecified atom stereocenters. The number of nitrogens with one attached hydrogen (secondary N) is 1. The summed E-state index contributed by atoms with van der Waals surface area (Å²) in [5.74, 6) is 0.578. The minimum absolute atomic E-state index is 0.0121. The van der Waals surface area contributed by atoms with E-state index < -0.39 is 18.3 Å². The maximum absolute atomic E-state index is 13.9. The Labute approximate surface area is 177 Å². The molecule has 1 aliphatic rings. The van der Waals surface area contributed by atoms with Crippen LogP contribution >= 0.6 is 11.6 Å². The summed E-state index contributed by atoms with van der Waals surface area (Å²) < 4.78 is 20.7. The number of aromatic nitrogens is 4. The van der Waals surface area contributed by atoms with Crippen LogP contribution in [0.1, 0.15) is 25.6 Å². The van der Waals surface area contributed by atoms with Gasteiger partial charge in [-0.15, -0.1) is 0 Å². The number of benzene rings is 1. The van der Waals surface area contributed by atoms with Crippen molar-refractivity contribution >= 4 is 29.5 Å². The highest BCUT2D eigenvalue weighted by molar-refractivity contribution is 6.30. The monoisotopic (exact) mass is 430 g/mol. The number of anilines is 2. The molecule has 0 spiro atoms. The number of imidazole rings is 1. The van der Waals surface area contributed by atoms with Crippen molar-refractivity contribution in [3.63, 3.8) is 0 Å². The first-order chi connectivity index (χ1) is 14.4. The van der Waals surface area contributed by atoms with E-state index in [1.165, 1.54) is 18.0 Å². The Morgan fingerprint density at radius 1 is 1.23 bits per heavy atom. The number of rotatable bonds is 6. The van der Waals surface area contributed by atoms with Crippen LogP contribution in [0.5, 0.6) is 0 Å². The standard InChI is InChI=1S/C20H20ClFN6O2/c1-12(22)17-10-30-20(29)28(17)18-7-8-23-19(26-18)25-13(2)16-9-27(11-24-16)15-5-3-14(21)4-6-15/h3-9,11-13,17H,10H2,1-2H3,(H,23,25,26)/t12-,13-,17?/m0/s1. The van der Waals surface area contributed by atoms with Crippen molar-refractivity contribution in [3.05, 3.63) is 59.8 Å². The van der Waals surface area contributed by atoms with Crippen LogP contribution in [0.3, 0.4) is 0 Å². The van der Waals surface area contributed by atoms with Gasteiger partial charge in [-0.1, -0.05) is 11.6 Å². The molecule has 2 aromatic heterocycles. The van der Waals surface area contributed by atoms with E-state index in [9.17, 15) is 9.18 Å². The van der Waals surface area contributed by atoms with Crippen molar-refractivity contribution in [2.24, 2.45) is 0 Å². The number of carbonyl (C=O) groups excluding carboxylic acids is 1. The summed E-state index contributed by atoms with van der Waals surface area (Å²) in [4.78, 5) is 26.3. The van der Waals surface area contributed by atoms with Crippen molar-refractivity contribution in [2.45, 2.75) is 32.1 Å². The molecule has 0 aliphatic carbocycles. The Balaban J connectivity index is 1.50. The molecule has 10 heteroatoms. The number of nitrogens with zero attached hydrogens (tertiary/aromatic N) is 5. The average Bonchev–Trinajstić information content (AvgIpc) is 3.36. The van der Waals surface area contributed by atoms with Crippen LogP contribution in [0.15, 0.2) is 49.1 Å². The lowest BCUT2D eigenvalue weighted by Gasteiger charge is -2.21. The summed E-state index contributed by atoms with van der Waals surface area (Å²) >= 11 is 5.94. The van der Waals surface area contributed by atoms with Gasteiger partial charge in [0, 0.05) is 23.1 Å². The topological polar surface area (TPSA) is 85.2 Å². The van der Waals surface area contributed by atoms with Gasteiger partial charge in [0.05, 0.1) is 18.1 Å². The maximum Gasteiger partial charge on any atom is 0.416 e. The van der Waals surface area contributed by atoms with E-state index in [0.717, 1.165) is 11.4 Å². The van der Waals surface area contributed by atoms with Crippen molar-refractivity contribution in [1.82, 2.24) is 19.5 Å². The maximum atomic E-state index is 13.9. The second kappa shape index (κ2) is 8.27. The fourth-order valence-electron chi connectivity index (χ4n) is 3.17. The normalized spacial score (nSPS) is 18.2. The third-order valence-electron chi connectivity index (χ3n) is 4.84. The van der Waals surface area contributed by atoms with Crippen LogP contribution in [0.2, 0.25) is 5.02 Å². The molecule has 1 aliphatic heterocycles. The Morgan fingerprint density at radius 3 is 2.73 bits per heavy atom. The molecule has 156 valence electrons. The lowest BCUT2D eigenvalue weighted by Crippen LogP contribution is -2.39. The van der Waals surface area contributed by atoms with E-state index in [0.29, 0.717) is 11.0 Å². The highest BCUT2D eigenvalue weighted by Gasteiger charge is 2.39. The molecule has 1 N–H and O–H groups in total. The SMILES string of the molecule is C[C@H](Nc1nccc(N2C(=O)OCC2[C@H](C)F)n1)c1cn(-c2ccc(Cl)cc2)cn1. The number of ether oxygens (including phenoxy) is 1. The van der Waals surface area contributed by atoms with Gasteiger partial charge in [-0.3, -0.25) is 4.90 Å². The minimum Gasteiger partial charge on any atom is -0.447 e. The van der Waals surface area contributed by atoms with E-state index in [1.807, 2.05) is 42.0 Å². The molecule has 0 saturated carbocycles. The van der Waals surface area contributed by atoms with Gasteiger partial charge in [0.1, 0.15) is 24.6 Å². The molecule has 1 fully saturated rings. The zero-order valence-corrected chi connectivity index (χ0v) is 17.1. The number of alkyl halides is 1. The van der Waals surface area contributed by atoms with Crippen LogP contribution in [0.4, 0.5) is 21.0 Å². The van der Waals surface area contributed by atoms with Crippen LogP contribution < -0.4 is 10.2 Å². The van der Waals surface area contributed by atoms with Crippen LogP contribution in [0.25, 0.3) is 5.69 Å². The van der Waals surface area contributed by atoms with Gasteiger partial charge in [0.25, 0.3) is 0 Å². The van der Waals surface area contributed by atoms with Crippen LogP contribution in [-0.4, -0.2) is 44.4 Å². The Kier molecular flexibility index (Phi) is 5.54. The fourth-order valence-corrected chi connectivity index (χ4v) is 3.30. The smallest absolute Gasteiger partial charge is 0.416 e. The third kappa shape index (κ3) is 4.06. The molecule has 3 atom stereocenters. The second-order valence-electron chi connectivity index (χ2n) is 6.98. The highest BCUT2D eigenvalue weighted by atomic mass is 35.5. The Hall–Kier alpha value is -3.20. The van der Waals surface area contributed by atoms with E-state index in [2.05, 4.69) is 20.3 Å². The molecule has 0 radical (unpaired) electrons. The molecular formula is C20H20ClFN6O2. The Morgan fingerprint density at radius 2 is 2.00 bits per heavy atom. The summed E-state index contributed by atoms with van der Waals surface area (Å²) in [6.07, 6.45) is 3.24. The molecule has 0 bridgehead atoms. The zero-order chi connectivity index (χ0) is 21.3. The molecule has 3 aromatic rings. The van der Waals surface area contributed by atoms with E-state index >= 15 is 0 Å². The highest BCUT2D eigenvalue weighted by Crippen LogP contribution is 2.25. The summed E-state index contributed by atoms with van der Waals surface area (Å²) in [7, 11) is 0. The van der Waals surface area contributed by atoms with Crippen molar-refractivity contribution < 1.29 is 13.9 Å². The van der Waals surface area contributed by atoms with Crippen molar-refractivity contribution in [1.29, 1.82) is 0 Å². The van der Waals surface area contributed by atoms with Crippen molar-refractivity contribution in [3.8, 4) is 5.69 Å². The van der Waals surface area contributed by atoms with Gasteiger partial charge in [-0.25, -0.2) is 19.2 Å². The number of hydrogen-bond donors (Lipinski definition) is 1. The molecule has 3 heterocycles. The third-order valence-corrected chi connectivity index (χ3v) is 5.09. The van der Waals surface area contributed by atoms with Gasteiger partial charge < -0.3 is 14.6 Å². The van der Waals surface area contributed by atoms with Gasteiger partial charge in [0.2, 0.25) is 5.95 Å². The zero-order valence-electron chi connectivity index (χ0n) is 16.4. The van der Waals surface area contributed by atoms with Crippen LogP contribution in [-0.2, 0) is 4.74 Å². The molecule has 1 aromatic carbocycles. The van der Waals surface area contributed by atoms with E-state index in [1.54, 1.807) is 12.4 Å². The summed E-state index contributed by atoms with van der Waals surface area (Å²) in [6, 6.07) is 8.04. The van der Waals surface area contributed by atoms with Crippen molar-refractivity contribution in [2.75, 3.05) is 16.8 Å². The van der Waals surface area contributed by atoms with Gasteiger partial charge in [-0.2, -0.15) is 4.98 Å². The fraction of sp³-hybridized carbons (Fsp3) is 0.300. The molecule has 4 rings (SSSR count). The molecule has 1 saturated heterocycles. The van der Waals surface area contributed by atoms with Gasteiger partial charge in [-0.05, 0) is 44.2 Å². The van der Waals surface area contributed by atoms with Crippen LogP contribution in [0, 0.1) is 0 Å².